The van der Waals surface area contributed by atoms with Crippen LogP contribution in [0.5, 0.6) is 0 Å². The van der Waals surface area contributed by atoms with Gasteiger partial charge in [-0.15, -0.1) is 0 Å². The fourth-order valence-electron chi connectivity index (χ4n) is 2.19. The largest absolute Gasteiger partial charge is 0.326 e. The molecule has 0 saturated carbocycles. The van der Waals surface area contributed by atoms with E-state index in [4.69, 9.17) is 11.6 Å². The summed E-state index contributed by atoms with van der Waals surface area (Å²) in [5, 5.41) is 0.625. The quantitative estimate of drug-likeness (QED) is 0.627. The number of hydrogen-bond donors (Lipinski definition) is 0. The molecule has 0 N–H and O–H groups in total. The molecule has 2 aromatic carbocycles. The summed E-state index contributed by atoms with van der Waals surface area (Å²) in [5.74, 6) is 0.533. The molecule has 3 rings (SSSR count). The Morgan fingerprint density at radius 3 is 2.76 bits per heavy atom. The SMILES string of the molecule is Fc1ccccc1Cn1ccnc1-c1cc(Cl)cc(Br)c1. The van der Waals surface area contributed by atoms with Gasteiger partial charge in [0.25, 0.3) is 0 Å². The summed E-state index contributed by atoms with van der Waals surface area (Å²) in [7, 11) is 0. The highest BCUT2D eigenvalue weighted by Crippen LogP contribution is 2.27. The second-order valence-electron chi connectivity index (χ2n) is 4.63. The highest BCUT2D eigenvalue weighted by atomic mass is 79.9. The van der Waals surface area contributed by atoms with Crippen molar-refractivity contribution >= 4 is 27.5 Å². The van der Waals surface area contributed by atoms with E-state index in [0.717, 1.165) is 15.9 Å². The van der Waals surface area contributed by atoms with Crippen molar-refractivity contribution in [3.63, 3.8) is 0 Å². The molecule has 0 fully saturated rings. The third kappa shape index (κ3) is 3.17. The summed E-state index contributed by atoms with van der Waals surface area (Å²) in [5.41, 5.74) is 1.51. The maximum atomic E-state index is 13.8. The van der Waals surface area contributed by atoms with Crippen molar-refractivity contribution in [1.29, 1.82) is 0 Å². The summed E-state index contributed by atoms with van der Waals surface area (Å²) in [6, 6.07) is 12.3. The molecule has 0 amide bonds. The third-order valence-electron chi connectivity index (χ3n) is 3.13. The first-order chi connectivity index (χ1) is 10.1. The van der Waals surface area contributed by atoms with Crippen LogP contribution in [0.4, 0.5) is 4.39 Å². The Bertz CT molecular complexity index is 765. The van der Waals surface area contributed by atoms with Gasteiger partial charge in [-0.3, -0.25) is 0 Å². The molecule has 1 heterocycles. The van der Waals surface area contributed by atoms with Crippen LogP contribution in [0.2, 0.25) is 5.02 Å². The molecule has 0 unspecified atom stereocenters. The lowest BCUT2D eigenvalue weighted by molar-refractivity contribution is 0.600. The van der Waals surface area contributed by atoms with E-state index in [9.17, 15) is 4.39 Å². The smallest absolute Gasteiger partial charge is 0.140 e. The minimum Gasteiger partial charge on any atom is -0.326 e. The molecule has 21 heavy (non-hydrogen) atoms. The molecule has 5 heteroatoms. The van der Waals surface area contributed by atoms with Crippen molar-refractivity contribution in [1.82, 2.24) is 9.55 Å². The molecule has 2 nitrogen and oxygen atoms in total. The van der Waals surface area contributed by atoms with E-state index in [0.29, 0.717) is 17.1 Å². The van der Waals surface area contributed by atoms with Gasteiger partial charge in [0.1, 0.15) is 11.6 Å². The van der Waals surface area contributed by atoms with Gasteiger partial charge in [0, 0.05) is 33.0 Å². The molecule has 0 aliphatic heterocycles. The van der Waals surface area contributed by atoms with Crippen molar-refractivity contribution in [2.24, 2.45) is 0 Å². The van der Waals surface area contributed by atoms with Crippen LogP contribution in [0.15, 0.2) is 59.3 Å². The summed E-state index contributed by atoms with van der Waals surface area (Å²) < 4.78 is 16.6. The van der Waals surface area contributed by atoms with E-state index in [1.807, 2.05) is 35.0 Å². The number of benzene rings is 2. The van der Waals surface area contributed by atoms with Gasteiger partial charge in [-0.2, -0.15) is 0 Å². The van der Waals surface area contributed by atoms with Crippen LogP contribution in [0, 0.1) is 5.82 Å². The summed E-state index contributed by atoms with van der Waals surface area (Å²) in [6.07, 6.45) is 3.53. The molecular formula is C16H11BrClFN2. The number of aromatic nitrogens is 2. The summed E-state index contributed by atoms with van der Waals surface area (Å²) in [4.78, 5) is 4.36. The first-order valence-corrected chi connectivity index (χ1v) is 7.51. The Balaban J connectivity index is 1.99. The summed E-state index contributed by atoms with van der Waals surface area (Å²) in [6.45, 7) is 0.423. The lowest BCUT2D eigenvalue weighted by atomic mass is 10.2. The molecule has 0 spiro atoms. The van der Waals surface area contributed by atoms with Crippen LogP contribution < -0.4 is 0 Å². The van der Waals surface area contributed by atoms with Crippen LogP contribution in [0.25, 0.3) is 11.4 Å². The van der Waals surface area contributed by atoms with E-state index in [1.54, 1.807) is 18.3 Å². The molecule has 3 aromatic rings. The standard InChI is InChI=1S/C16H11BrClFN2/c17-13-7-12(8-14(18)9-13)16-20-5-6-21(16)10-11-3-1-2-4-15(11)19/h1-9H,10H2. The van der Waals surface area contributed by atoms with Gasteiger partial charge < -0.3 is 4.57 Å². The molecule has 1 aromatic heterocycles. The zero-order valence-corrected chi connectivity index (χ0v) is 13.3. The van der Waals surface area contributed by atoms with E-state index in [-0.39, 0.29) is 5.82 Å². The van der Waals surface area contributed by atoms with Gasteiger partial charge in [-0.05, 0) is 24.3 Å². The van der Waals surface area contributed by atoms with E-state index in [1.165, 1.54) is 6.07 Å². The van der Waals surface area contributed by atoms with E-state index in [2.05, 4.69) is 20.9 Å². The van der Waals surface area contributed by atoms with Crippen molar-refractivity contribution in [3.8, 4) is 11.4 Å². The van der Waals surface area contributed by atoms with Gasteiger partial charge in [0.2, 0.25) is 0 Å². The Morgan fingerprint density at radius 2 is 2.00 bits per heavy atom. The lowest BCUT2D eigenvalue weighted by Gasteiger charge is -2.09. The van der Waals surface area contributed by atoms with Crippen molar-refractivity contribution < 1.29 is 4.39 Å². The topological polar surface area (TPSA) is 17.8 Å². The van der Waals surface area contributed by atoms with Gasteiger partial charge in [0.05, 0.1) is 6.54 Å². The second kappa shape index (κ2) is 6.00. The van der Waals surface area contributed by atoms with Crippen LogP contribution in [0.3, 0.4) is 0 Å². The van der Waals surface area contributed by atoms with Gasteiger partial charge in [-0.25, -0.2) is 9.37 Å². The number of imidazole rings is 1. The van der Waals surface area contributed by atoms with Crippen LogP contribution in [-0.2, 0) is 6.54 Å². The fraction of sp³-hybridized carbons (Fsp3) is 0.0625. The van der Waals surface area contributed by atoms with Crippen molar-refractivity contribution in [3.05, 3.63) is 75.7 Å². The number of hydrogen-bond acceptors (Lipinski definition) is 1. The maximum Gasteiger partial charge on any atom is 0.140 e. The van der Waals surface area contributed by atoms with Gasteiger partial charge >= 0.3 is 0 Å². The molecule has 0 aliphatic rings. The minimum absolute atomic E-state index is 0.218. The number of nitrogens with zero attached hydrogens (tertiary/aromatic N) is 2. The first-order valence-electron chi connectivity index (χ1n) is 6.34. The highest BCUT2D eigenvalue weighted by molar-refractivity contribution is 9.10. The monoisotopic (exact) mass is 364 g/mol. The first kappa shape index (κ1) is 14.3. The average Bonchev–Trinajstić information content (AvgIpc) is 2.88. The number of rotatable bonds is 3. The molecule has 0 saturated heterocycles. The van der Waals surface area contributed by atoms with Gasteiger partial charge in [0.15, 0.2) is 0 Å². The third-order valence-corrected chi connectivity index (χ3v) is 3.81. The normalized spacial score (nSPS) is 10.8. The Hall–Kier alpha value is -1.65. The predicted molar refractivity (Wildman–Crippen MR) is 85.9 cm³/mol. The highest BCUT2D eigenvalue weighted by Gasteiger charge is 2.10. The van der Waals surface area contributed by atoms with Crippen molar-refractivity contribution in [2.75, 3.05) is 0 Å². The Labute approximate surface area is 135 Å². The second-order valence-corrected chi connectivity index (χ2v) is 5.98. The maximum absolute atomic E-state index is 13.8. The Morgan fingerprint density at radius 1 is 1.19 bits per heavy atom. The molecule has 106 valence electrons. The molecular weight excluding hydrogens is 355 g/mol. The van der Waals surface area contributed by atoms with Crippen LogP contribution >= 0.6 is 27.5 Å². The van der Waals surface area contributed by atoms with E-state index < -0.39 is 0 Å². The van der Waals surface area contributed by atoms with E-state index >= 15 is 0 Å². The zero-order valence-electron chi connectivity index (χ0n) is 10.9. The van der Waals surface area contributed by atoms with Crippen LogP contribution in [-0.4, -0.2) is 9.55 Å². The predicted octanol–water partition coefficient (Wildman–Crippen LogP) is 5.15. The molecule has 0 aliphatic carbocycles. The lowest BCUT2D eigenvalue weighted by Crippen LogP contribution is -2.03. The van der Waals surface area contributed by atoms with Gasteiger partial charge in [-0.1, -0.05) is 45.7 Å². The fourth-order valence-corrected chi connectivity index (χ4v) is 3.05. The number of halogens is 3. The Kier molecular flexibility index (Phi) is 4.08. The van der Waals surface area contributed by atoms with Crippen LogP contribution in [0.1, 0.15) is 5.56 Å². The molecule has 0 bridgehead atoms. The van der Waals surface area contributed by atoms with Crippen molar-refractivity contribution in [2.45, 2.75) is 6.54 Å². The molecule has 0 radical (unpaired) electrons. The molecule has 0 atom stereocenters. The minimum atomic E-state index is -0.218. The summed E-state index contributed by atoms with van der Waals surface area (Å²) >= 11 is 9.50. The zero-order chi connectivity index (χ0) is 14.8. The average molecular weight is 366 g/mol.